The molecule has 1 saturated carbocycles. The molecule has 5 heteroatoms. The van der Waals surface area contributed by atoms with Crippen LogP contribution in [0, 0.1) is 12.8 Å². The number of hydrogen-bond acceptors (Lipinski definition) is 3. The second-order valence-electron chi connectivity index (χ2n) is 5.87. The summed E-state index contributed by atoms with van der Waals surface area (Å²) in [4.78, 5) is 28.3. The monoisotopic (exact) mass is 298 g/mol. The minimum Gasteiger partial charge on any atom is -0.480 e. The van der Waals surface area contributed by atoms with Crippen LogP contribution in [0.15, 0.2) is 30.3 Å². The zero-order valence-corrected chi connectivity index (χ0v) is 12.4. The first kappa shape index (κ1) is 14.5. The molecule has 1 fully saturated rings. The van der Waals surface area contributed by atoms with Crippen molar-refractivity contribution in [2.45, 2.75) is 32.2 Å². The molecule has 1 aliphatic carbocycles. The number of hydrogen-bond donors (Lipinski definition) is 2. The van der Waals surface area contributed by atoms with Gasteiger partial charge in [0.15, 0.2) is 0 Å². The Kier molecular flexibility index (Phi) is 3.79. The van der Waals surface area contributed by atoms with E-state index in [0.717, 1.165) is 29.4 Å². The highest BCUT2D eigenvalue weighted by Crippen LogP contribution is 2.33. The Morgan fingerprint density at radius 3 is 2.77 bits per heavy atom. The molecule has 2 N–H and O–H groups in total. The number of amides is 1. The molecule has 0 spiro atoms. The number of rotatable bonds is 5. The summed E-state index contributed by atoms with van der Waals surface area (Å²) < 4.78 is 0. The van der Waals surface area contributed by atoms with Crippen LogP contribution in [-0.2, 0) is 4.79 Å². The third kappa shape index (κ3) is 3.08. The number of carbonyl (C=O) groups excluding carboxylic acids is 1. The highest BCUT2D eigenvalue weighted by atomic mass is 16.4. The first-order chi connectivity index (χ1) is 10.5. The van der Waals surface area contributed by atoms with Crippen LogP contribution in [0.1, 0.15) is 35.3 Å². The second-order valence-corrected chi connectivity index (χ2v) is 5.87. The van der Waals surface area contributed by atoms with Crippen molar-refractivity contribution in [1.82, 2.24) is 10.3 Å². The summed E-state index contributed by atoms with van der Waals surface area (Å²) in [6.45, 7) is 1.82. The Balaban J connectivity index is 1.89. The number of aromatic nitrogens is 1. The molecule has 0 radical (unpaired) electrons. The Morgan fingerprint density at radius 1 is 1.36 bits per heavy atom. The molecule has 3 rings (SSSR count). The van der Waals surface area contributed by atoms with Crippen molar-refractivity contribution in [3.63, 3.8) is 0 Å². The number of pyridine rings is 1. The molecule has 5 nitrogen and oxygen atoms in total. The van der Waals surface area contributed by atoms with E-state index in [2.05, 4.69) is 10.3 Å². The van der Waals surface area contributed by atoms with E-state index in [0.29, 0.717) is 17.9 Å². The van der Waals surface area contributed by atoms with Crippen molar-refractivity contribution >= 4 is 22.8 Å². The van der Waals surface area contributed by atoms with Crippen LogP contribution in [0.5, 0.6) is 0 Å². The van der Waals surface area contributed by atoms with E-state index in [1.165, 1.54) is 0 Å². The van der Waals surface area contributed by atoms with E-state index in [9.17, 15) is 14.7 Å². The molecule has 0 bridgehead atoms. The van der Waals surface area contributed by atoms with Gasteiger partial charge < -0.3 is 10.4 Å². The minimum atomic E-state index is -0.977. The average Bonchev–Trinajstić information content (AvgIpc) is 3.29. The van der Waals surface area contributed by atoms with Gasteiger partial charge in [0, 0.05) is 11.1 Å². The quantitative estimate of drug-likeness (QED) is 0.889. The summed E-state index contributed by atoms with van der Waals surface area (Å²) in [5.74, 6) is -0.901. The molecule has 1 aromatic heterocycles. The topological polar surface area (TPSA) is 79.3 Å². The zero-order chi connectivity index (χ0) is 15.7. The molecule has 0 aliphatic heterocycles. The second kappa shape index (κ2) is 5.75. The van der Waals surface area contributed by atoms with Gasteiger partial charge in [-0.2, -0.15) is 0 Å². The Morgan fingerprint density at radius 2 is 2.09 bits per heavy atom. The lowest BCUT2D eigenvalue weighted by Gasteiger charge is -2.15. The molecular formula is C17H18N2O3. The summed E-state index contributed by atoms with van der Waals surface area (Å²) in [5.41, 5.74) is 1.95. The lowest BCUT2D eigenvalue weighted by molar-refractivity contribution is -0.139. The molecule has 1 heterocycles. The molecule has 1 aromatic carbocycles. The number of nitrogens with zero attached hydrogens (tertiary/aromatic N) is 1. The van der Waals surface area contributed by atoms with Crippen LogP contribution >= 0.6 is 0 Å². The van der Waals surface area contributed by atoms with Crippen LogP contribution in [0.25, 0.3) is 10.9 Å². The molecule has 2 aromatic rings. The van der Waals surface area contributed by atoms with Gasteiger partial charge in [-0.1, -0.05) is 31.0 Å². The third-order valence-electron chi connectivity index (χ3n) is 3.96. The van der Waals surface area contributed by atoms with Gasteiger partial charge in [-0.05, 0) is 31.4 Å². The molecule has 1 atom stereocenters. The summed E-state index contributed by atoms with van der Waals surface area (Å²) in [7, 11) is 0. The van der Waals surface area contributed by atoms with Crippen LogP contribution in [0.3, 0.4) is 0 Å². The van der Waals surface area contributed by atoms with E-state index < -0.39 is 12.0 Å². The predicted molar refractivity (Wildman–Crippen MR) is 82.7 cm³/mol. The maximum Gasteiger partial charge on any atom is 0.326 e. The number of benzene rings is 1. The minimum absolute atomic E-state index is 0.352. The lowest BCUT2D eigenvalue weighted by atomic mass is 10.1. The first-order valence-electron chi connectivity index (χ1n) is 7.44. The van der Waals surface area contributed by atoms with Gasteiger partial charge in [-0.3, -0.25) is 9.78 Å². The van der Waals surface area contributed by atoms with E-state index in [4.69, 9.17) is 0 Å². The fourth-order valence-corrected chi connectivity index (χ4v) is 2.64. The molecule has 22 heavy (non-hydrogen) atoms. The number of carboxylic acids is 1. The number of carboxylic acid groups (broad SMARTS) is 1. The van der Waals surface area contributed by atoms with E-state index in [-0.39, 0.29) is 5.91 Å². The molecule has 1 aliphatic rings. The van der Waals surface area contributed by atoms with Crippen molar-refractivity contribution < 1.29 is 14.7 Å². The molecule has 0 saturated heterocycles. The maximum atomic E-state index is 12.5. The largest absolute Gasteiger partial charge is 0.480 e. The van der Waals surface area contributed by atoms with Gasteiger partial charge in [0.05, 0.1) is 11.1 Å². The number of aliphatic carboxylic acids is 1. The van der Waals surface area contributed by atoms with Crippen molar-refractivity contribution in [1.29, 1.82) is 0 Å². The molecule has 114 valence electrons. The van der Waals surface area contributed by atoms with Crippen LogP contribution in [0.2, 0.25) is 0 Å². The van der Waals surface area contributed by atoms with Gasteiger partial charge in [-0.15, -0.1) is 0 Å². The smallest absolute Gasteiger partial charge is 0.326 e. The van der Waals surface area contributed by atoms with E-state index >= 15 is 0 Å². The number of aryl methyl sites for hydroxylation is 1. The Hall–Kier alpha value is -2.43. The van der Waals surface area contributed by atoms with Crippen LogP contribution < -0.4 is 5.32 Å². The van der Waals surface area contributed by atoms with Gasteiger partial charge in [0.2, 0.25) is 0 Å². The van der Waals surface area contributed by atoms with Gasteiger partial charge in [0.25, 0.3) is 5.91 Å². The van der Waals surface area contributed by atoms with Gasteiger partial charge in [0.1, 0.15) is 6.04 Å². The summed E-state index contributed by atoms with van der Waals surface area (Å²) in [5, 5.41) is 12.7. The highest BCUT2D eigenvalue weighted by Gasteiger charge is 2.30. The van der Waals surface area contributed by atoms with Crippen LogP contribution in [0.4, 0.5) is 0 Å². The first-order valence-corrected chi connectivity index (χ1v) is 7.44. The maximum absolute atomic E-state index is 12.5. The van der Waals surface area contributed by atoms with Crippen molar-refractivity contribution in [3.8, 4) is 0 Å². The van der Waals surface area contributed by atoms with Gasteiger partial charge >= 0.3 is 5.97 Å². The fraction of sp³-hybridized carbons (Fsp3) is 0.353. The third-order valence-corrected chi connectivity index (χ3v) is 3.96. The predicted octanol–water partition coefficient (Wildman–Crippen LogP) is 2.53. The molecular weight excluding hydrogens is 280 g/mol. The van der Waals surface area contributed by atoms with Crippen molar-refractivity contribution in [3.05, 3.63) is 41.6 Å². The van der Waals surface area contributed by atoms with Crippen molar-refractivity contribution in [2.75, 3.05) is 0 Å². The van der Waals surface area contributed by atoms with E-state index in [1.807, 2.05) is 31.2 Å². The van der Waals surface area contributed by atoms with E-state index in [1.54, 1.807) is 6.07 Å². The molecule has 1 amide bonds. The Labute approximate surface area is 128 Å². The number of carbonyl (C=O) groups is 2. The number of para-hydroxylation sites is 1. The SMILES string of the molecule is Cc1cc(C(=O)N[C@@H](CC2CC2)C(=O)O)c2ccccc2n1. The summed E-state index contributed by atoms with van der Waals surface area (Å²) >= 11 is 0. The summed E-state index contributed by atoms with van der Waals surface area (Å²) in [6.07, 6.45) is 2.61. The average molecular weight is 298 g/mol. The lowest BCUT2D eigenvalue weighted by Crippen LogP contribution is -2.41. The normalized spacial score (nSPS) is 15.5. The van der Waals surface area contributed by atoms with Crippen LogP contribution in [-0.4, -0.2) is 28.0 Å². The van der Waals surface area contributed by atoms with Crippen molar-refractivity contribution in [2.24, 2.45) is 5.92 Å². The highest BCUT2D eigenvalue weighted by molar-refractivity contribution is 6.07. The summed E-state index contributed by atoms with van der Waals surface area (Å²) in [6, 6.07) is 8.25. The van der Waals surface area contributed by atoms with Gasteiger partial charge in [-0.25, -0.2) is 4.79 Å². The standard InChI is InChI=1S/C17H18N2O3/c1-10-8-13(12-4-2-3-5-14(12)18-10)16(20)19-15(17(21)22)9-11-6-7-11/h2-5,8,11,15H,6-7,9H2,1H3,(H,19,20)(H,21,22)/t15-/m0/s1. The Bertz CT molecular complexity index is 738. The fourth-order valence-electron chi connectivity index (χ4n) is 2.64. The zero-order valence-electron chi connectivity index (χ0n) is 12.4. The molecule has 0 unspecified atom stereocenters. The number of fused-ring (bicyclic) bond motifs is 1. The number of nitrogens with one attached hydrogen (secondary N) is 1.